The van der Waals surface area contributed by atoms with Crippen LogP contribution in [0.25, 0.3) is 0 Å². The summed E-state index contributed by atoms with van der Waals surface area (Å²) in [4.78, 5) is 12.4. The second-order valence-electron chi connectivity index (χ2n) is 6.99. The molecule has 25 heavy (non-hydrogen) atoms. The minimum Gasteiger partial charge on any atom is -0.349 e. The number of carbonyl (C=O) groups is 1. The number of halogens is 2. The van der Waals surface area contributed by atoms with Crippen molar-refractivity contribution in [1.29, 1.82) is 0 Å². The molecule has 0 spiro atoms. The van der Waals surface area contributed by atoms with Gasteiger partial charge >= 0.3 is 0 Å². The molecule has 0 aromatic heterocycles. The topological polar surface area (TPSA) is 29.1 Å². The monoisotopic (exact) mass is 361 g/mol. The third kappa shape index (κ3) is 5.05. The molecule has 1 amide bonds. The van der Waals surface area contributed by atoms with Gasteiger partial charge in [-0.3, -0.25) is 4.79 Å². The maximum absolute atomic E-state index is 13.9. The molecule has 1 atom stereocenters. The maximum Gasteiger partial charge on any atom is 0.225 e. The molecule has 2 aromatic carbocycles. The van der Waals surface area contributed by atoms with Crippen molar-refractivity contribution in [2.24, 2.45) is 5.92 Å². The van der Waals surface area contributed by atoms with Crippen LogP contribution < -0.4 is 5.32 Å². The first kappa shape index (κ1) is 19.5. The van der Waals surface area contributed by atoms with Crippen molar-refractivity contribution < 1.29 is 9.18 Å². The summed E-state index contributed by atoms with van der Waals surface area (Å²) in [6, 6.07) is 12.6. The molecule has 2 nitrogen and oxygen atoms in total. The van der Waals surface area contributed by atoms with E-state index < -0.39 is 5.82 Å². The van der Waals surface area contributed by atoms with Crippen molar-refractivity contribution in [3.05, 3.63) is 70.0 Å². The fourth-order valence-corrected chi connectivity index (χ4v) is 3.04. The third-order valence-electron chi connectivity index (χ3n) is 4.34. The molecule has 134 valence electrons. The summed E-state index contributed by atoms with van der Waals surface area (Å²) in [5.41, 5.74) is 2.54. The first-order valence-corrected chi connectivity index (χ1v) is 8.99. The van der Waals surface area contributed by atoms with Gasteiger partial charge in [-0.2, -0.15) is 0 Å². The fraction of sp³-hybridized carbons (Fsp3) is 0.381. The summed E-state index contributed by atoms with van der Waals surface area (Å²) in [5.74, 6) is -0.0158. The Morgan fingerprint density at radius 3 is 2.16 bits per heavy atom. The SMILES string of the molecule is CC(C)c1ccc([C@H](NC(=O)Cc2c(F)cccc2Cl)C(C)C)cc1. The van der Waals surface area contributed by atoms with Crippen LogP contribution in [0.4, 0.5) is 4.39 Å². The van der Waals surface area contributed by atoms with Gasteiger partial charge in [0.2, 0.25) is 5.91 Å². The summed E-state index contributed by atoms with van der Waals surface area (Å²) in [7, 11) is 0. The van der Waals surface area contributed by atoms with Crippen LogP contribution in [0.2, 0.25) is 5.02 Å². The van der Waals surface area contributed by atoms with Gasteiger partial charge in [0.15, 0.2) is 0 Å². The lowest BCUT2D eigenvalue weighted by atomic mass is 9.93. The van der Waals surface area contributed by atoms with Gasteiger partial charge < -0.3 is 5.32 Å². The minimum absolute atomic E-state index is 0.0706. The highest BCUT2D eigenvalue weighted by atomic mass is 35.5. The van der Waals surface area contributed by atoms with E-state index in [0.717, 1.165) is 5.56 Å². The van der Waals surface area contributed by atoms with E-state index in [1.54, 1.807) is 6.07 Å². The molecule has 2 rings (SSSR count). The highest BCUT2D eigenvalue weighted by Crippen LogP contribution is 2.25. The van der Waals surface area contributed by atoms with Crippen LogP contribution in [0.5, 0.6) is 0 Å². The van der Waals surface area contributed by atoms with Gasteiger partial charge in [0.1, 0.15) is 5.82 Å². The van der Waals surface area contributed by atoms with Gasteiger partial charge in [-0.1, -0.05) is 69.6 Å². The van der Waals surface area contributed by atoms with Crippen LogP contribution >= 0.6 is 11.6 Å². The van der Waals surface area contributed by atoms with Gasteiger partial charge in [-0.15, -0.1) is 0 Å². The average molecular weight is 362 g/mol. The molecule has 0 fully saturated rings. The van der Waals surface area contributed by atoms with E-state index in [1.807, 2.05) is 0 Å². The van der Waals surface area contributed by atoms with Crippen LogP contribution in [0.15, 0.2) is 42.5 Å². The molecular weight excluding hydrogens is 337 g/mol. The van der Waals surface area contributed by atoms with E-state index in [-0.39, 0.29) is 34.9 Å². The molecule has 0 unspecified atom stereocenters. The molecule has 0 radical (unpaired) electrons. The molecule has 4 heteroatoms. The zero-order chi connectivity index (χ0) is 18.6. The smallest absolute Gasteiger partial charge is 0.225 e. The summed E-state index contributed by atoms with van der Waals surface area (Å²) in [6.45, 7) is 8.40. The van der Waals surface area contributed by atoms with Gasteiger partial charge in [0.25, 0.3) is 0 Å². The number of carbonyl (C=O) groups excluding carboxylic acids is 1. The number of nitrogens with one attached hydrogen (secondary N) is 1. The van der Waals surface area contributed by atoms with Crippen LogP contribution in [-0.2, 0) is 11.2 Å². The molecule has 0 saturated heterocycles. The maximum atomic E-state index is 13.9. The van der Waals surface area contributed by atoms with Crippen LogP contribution in [0.3, 0.4) is 0 Å². The Kier molecular flexibility index (Phi) is 6.60. The molecule has 0 saturated carbocycles. The molecule has 0 aliphatic carbocycles. The number of hydrogen-bond donors (Lipinski definition) is 1. The van der Waals surface area contributed by atoms with Gasteiger partial charge in [0.05, 0.1) is 12.5 Å². The van der Waals surface area contributed by atoms with Gasteiger partial charge in [-0.25, -0.2) is 4.39 Å². The molecule has 0 aliphatic rings. The predicted molar refractivity (Wildman–Crippen MR) is 101 cm³/mol. The number of amides is 1. The van der Waals surface area contributed by atoms with E-state index in [9.17, 15) is 9.18 Å². The Morgan fingerprint density at radius 2 is 1.64 bits per heavy atom. The van der Waals surface area contributed by atoms with Crippen molar-refractivity contribution in [3.63, 3.8) is 0 Å². The fourth-order valence-electron chi connectivity index (χ4n) is 2.81. The standard InChI is InChI=1S/C21H25ClFNO/c1-13(2)15-8-10-16(11-9-15)21(14(3)4)24-20(25)12-17-18(22)6-5-7-19(17)23/h5-11,13-14,21H,12H2,1-4H3,(H,24,25)/t21-/m1/s1. The Labute approximate surface area is 154 Å². The molecule has 1 N–H and O–H groups in total. The lowest BCUT2D eigenvalue weighted by molar-refractivity contribution is -0.121. The average Bonchev–Trinajstić information content (AvgIpc) is 2.56. The quantitative estimate of drug-likeness (QED) is 0.706. The van der Waals surface area contributed by atoms with Crippen molar-refractivity contribution in [2.45, 2.75) is 46.1 Å². The predicted octanol–water partition coefficient (Wildman–Crippen LogP) is 5.66. The number of hydrogen-bond acceptors (Lipinski definition) is 1. The van der Waals surface area contributed by atoms with Crippen molar-refractivity contribution in [3.8, 4) is 0 Å². The summed E-state index contributed by atoms with van der Waals surface area (Å²) < 4.78 is 13.9. The van der Waals surface area contributed by atoms with Gasteiger partial charge in [-0.05, 0) is 35.1 Å². The van der Waals surface area contributed by atoms with E-state index in [2.05, 4.69) is 57.3 Å². The first-order valence-electron chi connectivity index (χ1n) is 8.61. The Balaban J connectivity index is 2.14. The molecule has 2 aromatic rings. The van der Waals surface area contributed by atoms with Crippen molar-refractivity contribution in [2.75, 3.05) is 0 Å². The summed E-state index contributed by atoms with van der Waals surface area (Å²) >= 11 is 6.02. The zero-order valence-corrected chi connectivity index (χ0v) is 15.9. The van der Waals surface area contributed by atoms with Crippen molar-refractivity contribution >= 4 is 17.5 Å². The molecular formula is C21H25ClFNO. The van der Waals surface area contributed by atoms with E-state index in [0.29, 0.717) is 5.92 Å². The number of rotatable bonds is 6. The largest absolute Gasteiger partial charge is 0.349 e. The van der Waals surface area contributed by atoms with Crippen LogP contribution in [0, 0.1) is 11.7 Å². The first-order chi connectivity index (χ1) is 11.8. The highest BCUT2D eigenvalue weighted by Gasteiger charge is 2.20. The minimum atomic E-state index is -0.454. The van der Waals surface area contributed by atoms with Crippen LogP contribution in [-0.4, -0.2) is 5.91 Å². The Hall–Kier alpha value is -1.87. The highest BCUT2D eigenvalue weighted by molar-refractivity contribution is 6.31. The third-order valence-corrected chi connectivity index (χ3v) is 4.70. The molecule has 0 bridgehead atoms. The lowest BCUT2D eigenvalue weighted by Gasteiger charge is -2.23. The zero-order valence-electron chi connectivity index (χ0n) is 15.1. The normalized spacial score (nSPS) is 12.5. The van der Waals surface area contributed by atoms with Gasteiger partial charge in [0, 0.05) is 10.6 Å². The summed E-state index contributed by atoms with van der Waals surface area (Å²) in [5, 5.41) is 3.30. The molecule has 0 heterocycles. The summed E-state index contributed by atoms with van der Waals surface area (Å²) in [6.07, 6.45) is -0.0706. The van der Waals surface area contributed by atoms with Crippen molar-refractivity contribution in [1.82, 2.24) is 5.32 Å². The Bertz CT molecular complexity index is 705. The lowest BCUT2D eigenvalue weighted by Crippen LogP contribution is -2.33. The number of benzene rings is 2. The van der Waals surface area contributed by atoms with E-state index in [1.165, 1.54) is 17.7 Å². The van der Waals surface area contributed by atoms with Crippen LogP contribution in [0.1, 0.15) is 56.3 Å². The Morgan fingerprint density at radius 1 is 1.04 bits per heavy atom. The van der Waals surface area contributed by atoms with E-state index in [4.69, 9.17) is 11.6 Å². The second kappa shape index (κ2) is 8.48. The second-order valence-corrected chi connectivity index (χ2v) is 7.39. The molecule has 0 aliphatic heterocycles. The van der Waals surface area contributed by atoms with E-state index >= 15 is 0 Å².